The molecule has 0 amide bonds. The Kier molecular flexibility index (Phi) is 6.83. The molecule has 1 unspecified atom stereocenters. The van der Waals surface area contributed by atoms with E-state index in [0.29, 0.717) is 17.9 Å². The quantitative estimate of drug-likeness (QED) is 0.609. The smallest absolute Gasteiger partial charge is 0.0432 e. The SMILES string of the molecule is CC(C)N(C(C)C)C(P(c1ccccc1)c1ccccc1)C(C)(C)C. The molecule has 0 spiro atoms. The van der Waals surface area contributed by atoms with Gasteiger partial charge in [-0.15, -0.1) is 0 Å². The summed E-state index contributed by atoms with van der Waals surface area (Å²) in [5, 5.41) is 2.94. The maximum atomic E-state index is 2.73. The van der Waals surface area contributed by atoms with Crippen LogP contribution in [0, 0.1) is 5.41 Å². The highest BCUT2D eigenvalue weighted by Crippen LogP contribution is 2.50. The Labute approximate surface area is 156 Å². The molecular formula is C23H34NP. The second kappa shape index (κ2) is 8.47. The summed E-state index contributed by atoms with van der Waals surface area (Å²) in [7, 11) is -0.481. The lowest BCUT2D eigenvalue weighted by Gasteiger charge is -2.49. The third-order valence-electron chi connectivity index (χ3n) is 4.56. The predicted octanol–water partition coefficient (Wildman–Crippen LogP) is 5.61. The summed E-state index contributed by atoms with van der Waals surface area (Å²) in [6, 6.07) is 23.3. The van der Waals surface area contributed by atoms with Crippen LogP contribution in [0.3, 0.4) is 0 Å². The summed E-state index contributed by atoms with van der Waals surface area (Å²) >= 11 is 0. The van der Waals surface area contributed by atoms with Crippen LogP contribution in [0.2, 0.25) is 0 Å². The van der Waals surface area contributed by atoms with Gasteiger partial charge < -0.3 is 0 Å². The molecule has 136 valence electrons. The normalized spacial score (nSPS) is 13.9. The van der Waals surface area contributed by atoms with Gasteiger partial charge in [0.1, 0.15) is 0 Å². The fraction of sp³-hybridized carbons (Fsp3) is 0.478. The van der Waals surface area contributed by atoms with Crippen LogP contribution in [0.15, 0.2) is 60.7 Å². The molecule has 0 aliphatic heterocycles. The van der Waals surface area contributed by atoms with Gasteiger partial charge in [-0.3, -0.25) is 4.90 Å². The third kappa shape index (κ3) is 4.93. The van der Waals surface area contributed by atoms with Gasteiger partial charge in [0.15, 0.2) is 0 Å². The first-order chi connectivity index (χ1) is 11.7. The Hall–Kier alpha value is -1.17. The van der Waals surface area contributed by atoms with Gasteiger partial charge in [-0.2, -0.15) is 0 Å². The Morgan fingerprint density at radius 1 is 0.680 bits per heavy atom. The minimum absolute atomic E-state index is 0.186. The molecule has 0 N–H and O–H groups in total. The Morgan fingerprint density at radius 2 is 1.04 bits per heavy atom. The topological polar surface area (TPSA) is 3.24 Å². The predicted molar refractivity (Wildman–Crippen MR) is 114 cm³/mol. The van der Waals surface area contributed by atoms with Gasteiger partial charge in [0, 0.05) is 17.9 Å². The molecule has 2 heteroatoms. The van der Waals surface area contributed by atoms with Crippen LogP contribution < -0.4 is 10.6 Å². The van der Waals surface area contributed by atoms with Crippen molar-refractivity contribution in [2.24, 2.45) is 5.41 Å². The van der Waals surface area contributed by atoms with Gasteiger partial charge in [0.2, 0.25) is 0 Å². The van der Waals surface area contributed by atoms with E-state index in [-0.39, 0.29) is 5.41 Å². The van der Waals surface area contributed by atoms with Crippen LogP contribution in [0.25, 0.3) is 0 Å². The number of rotatable bonds is 6. The van der Waals surface area contributed by atoms with Crippen molar-refractivity contribution >= 4 is 18.5 Å². The molecular weight excluding hydrogens is 321 g/mol. The van der Waals surface area contributed by atoms with E-state index < -0.39 is 7.92 Å². The van der Waals surface area contributed by atoms with E-state index in [0.717, 1.165) is 0 Å². The van der Waals surface area contributed by atoms with Crippen molar-refractivity contribution < 1.29 is 0 Å². The molecule has 1 nitrogen and oxygen atoms in total. The largest absolute Gasteiger partial charge is 0.291 e. The van der Waals surface area contributed by atoms with Gasteiger partial charge in [0.25, 0.3) is 0 Å². The number of hydrogen-bond donors (Lipinski definition) is 0. The highest BCUT2D eigenvalue weighted by atomic mass is 31.1. The van der Waals surface area contributed by atoms with Crippen molar-refractivity contribution in [2.75, 3.05) is 0 Å². The Morgan fingerprint density at radius 3 is 1.32 bits per heavy atom. The molecule has 0 heterocycles. The van der Waals surface area contributed by atoms with Crippen LogP contribution in [0.1, 0.15) is 48.5 Å². The summed E-state index contributed by atoms with van der Waals surface area (Å²) in [5.41, 5.74) is 0.186. The standard InChI is InChI=1S/C23H34NP/c1-18(2)24(19(3)4)22(23(5,6)7)25(20-14-10-8-11-15-20)21-16-12-9-13-17-21/h8-19,22H,1-7H3. The van der Waals surface area contributed by atoms with E-state index in [1.54, 1.807) is 0 Å². The second-order valence-corrected chi connectivity index (χ2v) is 10.7. The molecule has 2 rings (SSSR count). The van der Waals surface area contributed by atoms with Crippen LogP contribution >= 0.6 is 7.92 Å². The summed E-state index contributed by atoms with van der Waals surface area (Å²) in [5.74, 6) is 0.479. The van der Waals surface area contributed by atoms with Crippen molar-refractivity contribution in [1.82, 2.24) is 4.90 Å². The average Bonchev–Trinajstić information content (AvgIpc) is 2.54. The highest BCUT2D eigenvalue weighted by Gasteiger charge is 2.40. The molecule has 2 aromatic rings. The lowest BCUT2D eigenvalue weighted by Crippen LogP contribution is -2.52. The van der Waals surface area contributed by atoms with Crippen LogP contribution in [-0.4, -0.2) is 22.8 Å². The van der Waals surface area contributed by atoms with Gasteiger partial charge in [-0.05, 0) is 51.6 Å². The first-order valence-electron chi connectivity index (χ1n) is 9.40. The minimum Gasteiger partial charge on any atom is -0.291 e. The second-order valence-electron chi connectivity index (χ2n) is 8.42. The Bertz CT molecular complexity index is 581. The lowest BCUT2D eigenvalue weighted by molar-refractivity contribution is 0.0946. The first-order valence-corrected chi connectivity index (χ1v) is 10.8. The molecule has 0 aliphatic carbocycles. The van der Waals surface area contributed by atoms with E-state index in [4.69, 9.17) is 0 Å². The van der Waals surface area contributed by atoms with Crippen molar-refractivity contribution in [3.63, 3.8) is 0 Å². The minimum atomic E-state index is -0.481. The summed E-state index contributed by atoms with van der Waals surface area (Å²) < 4.78 is 0. The molecule has 0 fully saturated rings. The van der Waals surface area contributed by atoms with Crippen molar-refractivity contribution in [3.05, 3.63) is 60.7 Å². The molecule has 0 saturated carbocycles. The number of nitrogens with zero attached hydrogens (tertiary/aromatic N) is 1. The zero-order valence-electron chi connectivity index (χ0n) is 16.9. The van der Waals surface area contributed by atoms with Crippen molar-refractivity contribution in [3.8, 4) is 0 Å². The third-order valence-corrected chi connectivity index (χ3v) is 7.80. The van der Waals surface area contributed by atoms with Crippen LogP contribution in [-0.2, 0) is 0 Å². The molecule has 0 saturated heterocycles. The lowest BCUT2D eigenvalue weighted by atomic mass is 9.94. The van der Waals surface area contributed by atoms with Gasteiger partial charge in [-0.1, -0.05) is 81.4 Å². The zero-order chi connectivity index (χ0) is 18.6. The summed E-state index contributed by atoms with van der Waals surface area (Å²) in [4.78, 5) is 2.73. The van der Waals surface area contributed by atoms with Crippen LogP contribution in [0.5, 0.6) is 0 Å². The van der Waals surface area contributed by atoms with Gasteiger partial charge in [-0.25, -0.2) is 0 Å². The van der Waals surface area contributed by atoms with E-state index in [1.165, 1.54) is 10.6 Å². The molecule has 0 radical (unpaired) electrons. The highest BCUT2D eigenvalue weighted by molar-refractivity contribution is 7.73. The maximum absolute atomic E-state index is 2.73. The van der Waals surface area contributed by atoms with Gasteiger partial charge >= 0.3 is 0 Å². The molecule has 0 aromatic heterocycles. The Balaban J connectivity index is 2.66. The maximum Gasteiger partial charge on any atom is 0.0432 e. The molecule has 0 aliphatic rings. The molecule has 25 heavy (non-hydrogen) atoms. The zero-order valence-corrected chi connectivity index (χ0v) is 17.8. The number of hydrogen-bond acceptors (Lipinski definition) is 1. The monoisotopic (exact) mass is 355 g/mol. The van der Waals surface area contributed by atoms with Gasteiger partial charge in [0.05, 0.1) is 0 Å². The fourth-order valence-electron chi connectivity index (χ4n) is 3.74. The van der Waals surface area contributed by atoms with E-state index >= 15 is 0 Å². The fourth-order valence-corrected chi connectivity index (χ4v) is 7.16. The van der Waals surface area contributed by atoms with Crippen molar-refractivity contribution in [1.29, 1.82) is 0 Å². The molecule has 0 bridgehead atoms. The number of benzene rings is 2. The van der Waals surface area contributed by atoms with Crippen molar-refractivity contribution in [2.45, 2.75) is 66.3 Å². The van der Waals surface area contributed by atoms with Crippen LogP contribution in [0.4, 0.5) is 0 Å². The van der Waals surface area contributed by atoms with E-state index in [1.807, 2.05) is 0 Å². The summed E-state index contributed by atoms with van der Waals surface area (Å²) in [6.45, 7) is 16.5. The van der Waals surface area contributed by atoms with E-state index in [2.05, 4.69) is 114 Å². The van der Waals surface area contributed by atoms with E-state index in [9.17, 15) is 0 Å². The molecule has 1 atom stereocenters. The first kappa shape index (κ1) is 20.1. The average molecular weight is 356 g/mol. The molecule has 2 aromatic carbocycles. The summed E-state index contributed by atoms with van der Waals surface area (Å²) in [6.07, 6.45) is 0.